The Morgan fingerprint density at radius 2 is 2.04 bits per heavy atom. The molecule has 0 unspecified atom stereocenters. The second kappa shape index (κ2) is 8.73. The molecule has 0 bridgehead atoms. The van der Waals surface area contributed by atoms with Crippen LogP contribution in [0.4, 0.5) is 5.69 Å². The van der Waals surface area contributed by atoms with E-state index in [1.807, 2.05) is 19.1 Å². The summed E-state index contributed by atoms with van der Waals surface area (Å²) in [5, 5.41) is 18.3. The van der Waals surface area contributed by atoms with Crippen molar-refractivity contribution < 1.29 is 9.53 Å². The average Bonchev–Trinajstić information content (AvgIpc) is 2.63. The maximum absolute atomic E-state index is 12.6. The van der Waals surface area contributed by atoms with Gasteiger partial charge in [0.25, 0.3) is 5.91 Å². The van der Waals surface area contributed by atoms with E-state index in [1.54, 1.807) is 42.5 Å². The number of amides is 1. The maximum Gasteiger partial charge on any atom is 0.264 e. The van der Waals surface area contributed by atoms with Crippen molar-refractivity contribution in [2.75, 3.05) is 18.1 Å². The van der Waals surface area contributed by atoms with Gasteiger partial charge in [-0.2, -0.15) is 10.5 Å². The molecule has 5 nitrogen and oxygen atoms in total. The molecule has 0 saturated carbocycles. The first-order valence-corrected chi connectivity index (χ1v) is 7.99. The Bertz CT molecular complexity index is 852. The van der Waals surface area contributed by atoms with Crippen LogP contribution in [0.3, 0.4) is 0 Å². The molecule has 0 atom stereocenters. The summed E-state index contributed by atoms with van der Waals surface area (Å²) in [5.74, 6) is 0.166. The zero-order chi connectivity index (χ0) is 18.2. The lowest BCUT2D eigenvalue weighted by Gasteiger charge is -2.22. The molecule has 0 fully saturated rings. The number of nitriles is 2. The van der Waals surface area contributed by atoms with E-state index in [0.717, 1.165) is 5.56 Å². The SMILES string of the molecule is Cc1cc(N(CCC#N)C(=O)COc2cccc(C#N)c2)ccc1Cl. The van der Waals surface area contributed by atoms with Crippen molar-refractivity contribution >= 4 is 23.2 Å². The largest absolute Gasteiger partial charge is 0.484 e. The highest BCUT2D eigenvalue weighted by Crippen LogP contribution is 2.23. The van der Waals surface area contributed by atoms with Gasteiger partial charge in [-0.15, -0.1) is 0 Å². The van der Waals surface area contributed by atoms with Gasteiger partial charge in [-0.1, -0.05) is 17.7 Å². The molecule has 2 aromatic carbocycles. The first kappa shape index (κ1) is 18.3. The van der Waals surface area contributed by atoms with E-state index < -0.39 is 0 Å². The van der Waals surface area contributed by atoms with Gasteiger partial charge in [-0.3, -0.25) is 4.79 Å². The summed E-state index contributed by atoms with van der Waals surface area (Å²) in [7, 11) is 0. The number of halogens is 1. The molecule has 0 spiro atoms. The van der Waals surface area contributed by atoms with Crippen LogP contribution in [0.15, 0.2) is 42.5 Å². The molecule has 0 N–H and O–H groups in total. The van der Waals surface area contributed by atoms with E-state index in [2.05, 4.69) is 0 Å². The van der Waals surface area contributed by atoms with Crippen molar-refractivity contribution in [2.24, 2.45) is 0 Å². The molecule has 0 saturated heterocycles. The molecule has 25 heavy (non-hydrogen) atoms. The minimum absolute atomic E-state index is 0.192. The standard InChI is InChI=1S/C19H16ClN3O2/c1-14-10-16(6-7-18(14)20)23(9-3-8-21)19(24)13-25-17-5-2-4-15(11-17)12-22/h2,4-7,10-11H,3,9,13H2,1H3. The van der Waals surface area contributed by atoms with Crippen LogP contribution in [-0.4, -0.2) is 19.1 Å². The fourth-order valence-electron chi connectivity index (χ4n) is 2.23. The summed E-state index contributed by atoms with van der Waals surface area (Å²) in [6.07, 6.45) is 0.206. The highest BCUT2D eigenvalue weighted by molar-refractivity contribution is 6.31. The minimum Gasteiger partial charge on any atom is -0.484 e. The summed E-state index contributed by atoms with van der Waals surface area (Å²) < 4.78 is 5.50. The number of carbonyl (C=O) groups is 1. The number of aryl methyl sites for hydroxylation is 1. The lowest BCUT2D eigenvalue weighted by molar-refractivity contribution is -0.120. The van der Waals surface area contributed by atoms with Crippen LogP contribution in [0.1, 0.15) is 17.5 Å². The Kier molecular flexibility index (Phi) is 6.39. The van der Waals surface area contributed by atoms with Gasteiger partial charge in [-0.25, -0.2) is 0 Å². The number of benzene rings is 2. The second-order valence-electron chi connectivity index (χ2n) is 5.32. The van der Waals surface area contributed by atoms with Crippen molar-refractivity contribution in [3.8, 4) is 17.9 Å². The third-order valence-corrected chi connectivity index (χ3v) is 3.95. The number of hydrogen-bond donors (Lipinski definition) is 0. The molecular formula is C19H16ClN3O2. The van der Waals surface area contributed by atoms with Crippen molar-refractivity contribution in [3.05, 3.63) is 58.6 Å². The summed E-state index contributed by atoms with van der Waals surface area (Å²) in [5.41, 5.74) is 1.97. The molecular weight excluding hydrogens is 338 g/mol. The third kappa shape index (κ3) is 4.97. The molecule has 0 aliphatic heterocycles. The van der Waals surface area contributed by atoms with Crippen molar-refractivity contribution in [1.82, 2.24) is 0 Å². The first-order chi connectivity index (χ1) is 12.0. The normalized spacial score (nSPS) is 9.76. The van der Waals surface area contributed by atoms with E-state index in [4.69, 9.17) is 26.9 Å². The smallest absolute Gasteiger partial charge is 0.264 e. The molecule has 2 aromatic rings. The summed E-state index contributed by atoms with van der Waals surface area (Å²) in [6.45, 7) is 1.92. The lowest BCUT2D eigenvalue weighted by atomic mass is 10.2. The fraction of sp³-hybridized carbons (Fsp3) is 0.211. The molecule has 1 amide bonds. The molecule has 0 aliphatic carbocycles. The van der Waals surface area contributed by atoms with Crippen LogP contribution in [-0.2, 0) is 4.79 Å². The van der Waals surface area contributed by atoms with E-state index in [9.17, 15) is 4.79 Å². The van der Waals surface area contributed by atoms with Crippen molar-refractivity contribution in [2.45, 2.75) is 13.3 Å². The molecule has 6 heteroatoms. The van der Waals surface area contributed by atoms with E-state index in [-0.39, 0.29) is 25.5 Å². The number of nitrogens with zero attached hydrogens (tertiary/aromatic N) is 3. The highest BCUT2D eigenvalue weighted by atomic mass is 35.5. The second-order valence-corrected chi connectivity index (χ2v) is 5.72. The number of anilines is 1. The van der Waals surface area contributed by atoms with E-state index >= 15 is 0 Å². The van der Waals surface area contributed by atoms with Crippen LogP contribution in [0.25, 0.3) is 0 Å². The topological polar surface area (TPSA) is 77.1 Å². The highest BCUT2D eigenvalue weighted by Gasteiger charge is 2.17. The van der Waals surface area contributed by atoms with E-state index in [0.29, 0.717) is 22.0 Å². The monoisotopic (exact) mass is 353 g/mol. The van der Waals surface area contributed by atoms with Gasteiger partial charge in [0.2, 0.25) is 0 Å². The Hall–Kier alpha value is -3.02. The number of rotatable bonds is 6. The van der Waals surface area contributed by atoms with Crippen LogP contribution in [0.2, 0.25) is 5.02 Å². The van der Waals surface area contributed by atoms with Gasteiger partial charge in [0.1, 0.15) is 5.75 Å². The fourth-order valence-corrected chi connectivity index (χ4v) is 2.35. The van der Waals surface area contributed by atoms with Crippen LogP contribution in [0, 0.1) is 29.6 Å². The van der Waals surface area contributed by atoms with Crippen LogP contribution < -0.4 is 9.64 Å². The Morgan fingerprint density at radius 3 is 2.72 bits per heavy atom. The maximum atomic E-state index is 12.6. The summed E-state index contributed by atoms with van der Waals surface area (Å²) in [6, 6.07) is 15.9. The quantitative estimate of drug-likeness (QED) is 0.790. The van der Waals surface area contributed by atoms with Gasteiger partial charge in [0, 0.05) is 17.3 Å². The molecule has 0 heterocycles. The van der Waals surface area contributed by atoms with Gasteiger partial charge < -0.3 is 9.64 Å². The molecule has 0 aromatic heterocycles. The Labute approximate surface area is 151 Å². The zero-order valence-electron chi connectivity index (χ0n) is 13.7. The molecule has 0 aliphatic rings. The van der Waals surface area contributed by atoms with Crippen LogP contribution >= 0.6 is 11.6 Å². The van der Waals surface area contributed by atoms with Gasteiger partial charge >= 0.3 is 0 Å². The predicted octanol–water partition coefficient (Wildman–Crippen LogP) is 3.85. The molecule has 126 valence electrons. The van der Waals surface area contributed by atoms with Crippen LogP contribution in [0.5, 0.6) is 5.75 Å². The molecule has 0 radical (unpaired) electrons. The predicted molar refractivity (Wildman–Crippen MR) is 95.4 cm³/mol. The summed E-state index contributed by atoms with van der Waals surface area (Å²) >= 11 is 6.03. The minimum atomic E-state index is -0.278. The Morgan fingerprint density at radius 1 is 1.24 bits per heavy atom. The number of ether oxygens (including phenoxy) is 1. The average molecular weight is 354 g/mol. The van der Waals surface area contributed by atoms with Gasteiger partial charge in [0.15, 0.2) is 6.61 Å². The van der Waals surface area contributed by atoms with Gasteiger partial charge in [0.05, 0.1) is 24.1 Å². The Balaban J connectivity index is 2.13. The molecule has 2 rings (SSSR count). The van der Waals surface area contributed by atoms with Crippen molar-refractivity contribution in [3.63, 3.8) is 0 Å². The number of hydrogen-bond acceptors (Lipinski definition) is 4. The van der Waals surface area contributed by atoms with Gasteiger partial charge in [-0.05, 0) is 48.9 Å². The third-order valence-electron chi connectivity index (χ3n) is 3.53. The van der Waals surface area contributed by atoms with Crippen molar-refractivity contribution in [1.29, 1.82) is 10.5 Å². The van der Waals surface area contributed by atoms with E-state index in [1.165, 1.54) is 4.90 Å². The first-order valence-electron chi connectivity index (χ1n) is 7.61. The lowest BCUT2D eigenvalue weighted by Crippen LogP contribution is -2.35. The summed E-state index contributed by atoms with van der Waals surface area (Å²) in [4.78, 5) is 14.1. The number of carbonyl (C=O) groups excluding carboxylic acids is 1. The zero-order valence-corrected chi connectivity index (χ0v) is 14.5.